The van der Waals surface area contributed by atoms with Crippen LogP contribution < -0.4 is 5.56 Å². The topological polar surface area (TPSA) is 79.8 Å². The van der Waals surface area contributed by atoms with Crippen molar-refractivity contribution >= 4 is 11.6 Å². The molecule has 0 bridgehead atoms. The number of fused-ring (bicyclic) bond motifs is 1. The van der Waals surface area contributed by atoms with E-state index in [2.05, 4.69) is 4.98 Å². The number of hydrogen-bond acceptors (Lipinski definition) is 4. The van der Waals surface area contributed by atoms with Crippen LogP contribution in [0.1, 0.15) is 24.3 Å². The lowest BCUT2D eigenvalue weighted by atomic mass is 10.1. The Kier molecular flexibility index (Phi) is 5.93. The average Bonchev–Trinajstić information content (AvgIpc) is 3.11. The Balaban J connectivity index is 2.19. The molecule has 0 saturated heterocycles. The number of halogens is 1. The van der Waals surface area contributed by atoms with Gasteiger partial charge in [-0.15, -0.1) is 0 Å². The minimum Gasteiger partial charge on any atom is -0.395 e. The number of allylic oxidation sites excluding steroid dienone is 2. The largest absolute Gasteiger partial charge is 0.395 e. The maximum Gasteiger partial charge on any atom is 0.295 e. The van der Waals surface area contributed by atoms with Gasteiger partial charge in [0, 0.05) is 32.5 Å². The van der Waals surface area contributed by atoms with Gasteiger partial charge in [-0.25, -0.2) is 9.37 Å². The summed E-state index contributed by atoms with van der Waals surface area (Å²) in [5, 5.41) is 9.03. The Bertz CT molecular complexity index is 1130. The Labute approximate surface area is 167 Å². The number of amides is 1. The average molecular weight is 398 g/mol. The fourth-order valence-corrected chi connectivity index (χ4v) is 2.94. The molecule has 29 heavy (non-hydrogen) atoms. The number of carbonyl (C=O) groups is 1. The molecule has 0 radical (unpaired) electrons. The van der Waals surface area contributed by atoms with Crippen molar-refractivity contribution in [1.29, 1.82) is 0 Å². The summed E-state index contributed by atoms with van der Waals surface area (Å²) in [6, 6.07) is 5.88. The summed E-state index contributed by atoms with van der Waals surface area (Å²) in [5.74, 6) is -0.753. The van der Waals surface area contributed by atoms with Crippen LogP contribution in [-0.2, 0) is 6.54 Å². The first-order chi connectivity index (χ1) is 13.8. The van der Waals surface area contributed by atoms with E-state index in [-0.39, 0.29) is 41.8 Å². The van der Waals surface area contributed by atoms with Crippen LogP contribution in [0.5, 0.6) is 0 Å². The Morgan fingerprint density at radius 2 is 1.93 bits per heavy atom. The highest BCUT2D eigenvalue weighted by molar-refractivity contribution is 5.92. The molecule has 3 rings (SSSR count). The third-order valence-corrected chi connectivity index (χ3v) is 4.54. The second-order valence-electron chi connectivity index (χ2n) is 7.03. The molecule has 3 aromatic rings. The van der Waals surface area contributed by atoms with E-state index in [1.54, 1.807) is 29.9 Å². The van der Waals surface area contributed by atoms with Crippen molar-refractivity contribution in [1.82, 2.24) is 18.9 Å². The number of hydrogen-bond donors (Lipinski definition) is 1. The highest BCUT2D eigenvalue weighted by atomic mass is 19.1. The summed E-state index contributed by atoms with van der Waals surface area (Å²) in [6.07, 6.45) is 5.11. The number of rotatable bonds is 6. The van der Waals surface area contributed by atoms with Crippen LogP contribution in [0.25, 0.3) is 16.9 Å². The molecule has 1 amide bonds. The first-order valence-electron chi connectivity index (χ1n) is 9.20. The molecule has 0 aliphatic heterocycles. The van der Waals surface area contributed by atoms with Crippen LogP contribution in [0, 0.1) is 5.82 Å². The smallest absolute Gasteiger partial charge is 0.295 e. The SMILES string of the molecule is CC(C)=CCn1c(-c2ccc(F)cc2)cn2cc(C(=O)N(C)CCO)nc2c1=O. The summed E-state index contributed by atoms with van der Waals surface area (Å²) in [4.78, 5) is 31.2. The van der Waals surface area contributed by atoms with Gasteiger partial charge in [-0.2, -0.15) is 0 Å². The Morgan fingerprint density at radius 1 is 1.24 bits per heavy atom. The standard InChI is InChI=1S/C21H23FN4O3/c1-14(2)8-9-26-18(15-4-6-16(22)7-5-15)13-25-12-17(23-19(25)21(26)29)20(28)24(3)10-11-27/h4-8,12-13,27H,9-11H2,1-3H3. The quantitative estimate of drug-likeness (QED) is 0.647. The molecule has 0 unspecified atom stereocenters. The maximum atomic E-state index is 13.4. The molecule has 0 saturated carbocycles. The number of benzene rings is 1. The molecular formula is C21H23FN4O3. The lowest BCUT2D eigenvalue weighted by Crippen LogP contribution is -2.29. The van der Waals surface area contributed by atoms with E-state index in [4.69, 9.17) is 5.11 Å². The number of aromatic nitrogens is 3. The summed E-state index contributed by atoms with van der Waals surface area (Å²) in [5.41, 5.74) is 2.19. The summed E-state index contributed by atoms with van der Waals surface area (Å²) in [7, 11) is 1.56. The van der Waals surface area contributed by atoms with E-state index in [0.29, 0.717) is 17.8 Å². The van der Waals surface area contributed by atoms with E-state index in [9.17, 15) is 14.0 Å². The molecule has 0 fully saturated rings. The second kappa shape index (κ2) is 8.40. The molecule has 0 aliphatic rings. The van der Waals surface area contributed by atoms with Crippen LogP contribution in [0.3, 0.4) is 0 Å². The van der Waals surface area contributed by atoms with Crippen LogP contribution >= 0.6 is 0 Å². The fraction of sp³-hybridized carbons (Fsp3) is 0.286. The number of imidazole rings is 1. The van der Waals surface area contributed by atoms with Gasteiger partial charge >= 0.3 is 0 Å². The van der Waals surface area contributed by atoms with E-state index >= 15 is 0 Å². The van der Waals surface area contributed by atoms with Gasteiger partial charge in [-0.05, 0) is 43.7 Å². The van der Waals surface area contributed by atoms with E-state index in [1.165, 1.54) is 27.6 Å². The van der Waals surface area contributed by atoms with Crippen molar-refractivity contribution in [2.24, 2.45) is 0 Å². The third kappa shape index (κ3) is 4.27. The zero-order chi connectivity index (χ0) is 21.1. The van der Waals surface area contributed by atoms with Crippen molar-refractivity contribution in [3.05, 3.63) is 70.2 Å². The lowest BCUT2D eigenvalue weighted by Gasteiger charge is -2.13. The van der Waals surface area contributed by atoms with E-state index in [1.807, 2.05) is 19.9 Å². The number of aliphatic hydroxyl groups is 1. The Hall–Kier alpha value is -3.26. The number of aliphatic hydroxyl groups excluding tert-OH is 1. The van der Waals surface area contributed by atoms with Crippen molar-refractivity contribution in [3.63, 3.8) is 0 Å². The van der Waals surface area contributed by atoms with Crippen LogP contribution in [0.2, 0.25) is 0 Å². The molecule has 8 heteroatoms. The first-order valence-corrected chi connectivity index (χ1v) is 9.20. The highest BCUT2D eigenvalue weighted by Crippen LogP contribution is 2.20. The summed E-state index contributed by atoms with van der Waals surface area (Å²) < 4.78 is 16.4. The zero-order valence-electron chi connectivity index (χ0n) is 16.6. The number of carbonyl (C=O) groups excluding carboxylic acids is 1. The predicted octanol–water partition coefficient (Wildman–Crippen LogP) is 2.33. The van der Waals surface area contributed by atoms with Gasteiger partial charge in [-0.3, -0.25) is 18.6 Å². The number of nitrogens with zero attached hydrogens (tertiary/aromatic N) is 4. The van der Waals surface area contributed by atoms with Crippen molar-refractivity contribution < 1.29 is 14.3 Å². The lowest BCUT2D eigenvalue weighted by molar-refractivity contribution is 0.0762. The molecule has 2 heterocycles. The molecular weight excluding hydrogens is 375 g/mol. The van der Waals surface area contributed by atoms with Gasteiger partial charge in [0.25, 0.3) is 11.5 Å². The predicted molar refractivity (Wildman–Crippen MR) is 108 cm³/mol. The molecule has 2 aromatic heterocycles. The van der Waals surface area contributed by atoms with E-state index < -0.39 is 0 Å². The molecule has 0 aliphatic carbocycles. The molecule has 0 spiro atoms. The molecule has 1 aromatic carbocycles. The third-order valence-electron chi connectivity index (χ3n) is 4.54. The maximum absolute atomic E-state index is 13.4. The second-order valence-corrected chi connectivity index (χ2v) is 7.03. The van der Waals surface area contributed by atoms with Gasteiger partial charge in [0.15, 0.2) is 0 Å². The summed E-state index contributed by atoms with van der Waals surface area (Å²) >= 11 is 0. The first kappa shape index (κ1) is 20.5. The van der Waals surface area contributed by atoms with Crippen molar-refractivity contribution in [3.8, 4) is 11.3 Å². The van der Waals surface area contributed by atoms with Gasteiger partial charge < -0.3 is 10.0 Å². The van der Waals surface area contributed by atoms with Crippen LogP contribution in [0.15, 0.2) is 53.1 Å². The molecule has 7 nitrogen and oxygen atoms in total. The molecule has 1 N–H and O–H groups in total. The minimum atomic E-state index is -0.388. The molecule has 152 valence electrons. The number of likely N-dealkylation sites (N-methyl/N-ethyl adjacent to an activating group) is 1. The van der Waals surface area contributed by atoms with Gasteiger partial charge in [-0.1, -0.05) is 11.6 Å². The highest BCUT2D eigenvalue weighted by Gasteiger charge is 2.19. The van der Waals surface area contributed by atoms with Crippen LogP contribution in [0.4, 0.5) is 4.39 Å². The minimum absolute atomic E-state index is 0.114. The van der Waals surface area contributed by atoms with Crippen LogP contribution in [-0.4, -0.2) is 50.1 Å². The monoisotopic (exact) mass is 398 g/mol. The van der Waals surface area contributed by atoms with E-state index in [0.717, 1.165) is 5.57 Å². The van der Waals surface area contributed by atoms with Gasteiger partial charge in [0.2, 0.25) is 5.65 Å². The van der Waals surface area contributed by atoms with Crippen molar-refractivity contribution in [2.45, 2.75) is 20.4 Å². The Morgan fingerprint density at radius 3 is 2.55 bits per heavy atom. The molecule has 0 atom stereocenters. The van der Waals surface area contributed by atoms with Gasteiger partial charge in [0.1, 0.15) is 11.5 Å². The summed E-state index contributed by atoms with van der Waals surface area (Å²) in [6.45, 7) is 4.19. The zero-order valence-corrected chi connectivity index (χ0v) is 16.6. The van der Waals surface area contributed by atoms with Gasteiger partial charge in [0.05, 0.1) is 12.3 Å². The normalized spacial score (nSPS) is 10.9. The van der Waals surface area contributed by atoms with Crippen molar-refractivity contribution in [2.75, 3.05) is 20.2 Å². The fourth-order valence-electron chi connectivity index (χ4n) is 2.94.